The van der Waals surface area contributed by atoms with Gasteiger partial charge in [0.05, 0.1) is 6.61 Å². The predicted molar refractivity (Wildman–Crippen MR) is 85.0 cm³/mol. The molecule has 1 atom stereocenters. The summed E-state index contributed by atoms with van der Waals surface area (Å²) in [5.41, 5.74) is 2.88. The van der Waals surface area contributed by atoms with Crippen molar-refractivity contribution in [3.8, 4) is 5.75 Å². The first-order valence-electron chi connectivity index (χ1n) is 8.60. The maximum atomic E-state index is 5.59. The second-order valence-electron chi connectivity index (χ2n) is 6.81. The Labute approximate surface area is 127 Å². The summed E-state index contributed by atoms with van der Waals surface area (Å²) in [5, 5.41) is 3.70. The van der Waals surface area contributed by atoms with Crippen LogP contribution in [0.4, 0.5) is 0 Å². The molecule has 3 nitrogen and oxygen atoms in total. The standard InChI is InChI=1S/C18H26N2O/c1-2-17(13-19-16-4-5-16)20(9-1)10-7-14-3-6-18-15(12-14)8-11-21-18/h3,6,12,16-17,19H,1-2,4-5,7-11,13H2. The quantitative estimate of drug-likeness (QED) is 0.869. The number of ether oxygens (including phenoxy) is 1. The second kappa shape index (κ2) is 5.98. The minimum absolute atomic E-state index is 0.767. The third-order valence-corrected chi connectivity index (χ3v) is 5.16. The number of fused-ring (bicyclic) bond motifs is 1. The number of benzene rings is 1. The molecule has 2 aliphatic heterocycles. The summed E-state index contributed by atoms with van der Waals surface area (Å²) in [6.45, 7) is 4.55. The third-order valence-electron chi connectivity index (χ3n) is 5.16. The first-order valence-corrected chi connectivity index (χ1v) is 8.60. The van der Waals surface area contributed by atoms with Crippen molar-refractivity contribution in [3.05, 3.63) is 29.3 Å². The van der Waals surface area contributed by atoms with Crippen molar-refractivity contribution in [1.29, 1.82) is 0 Å². The molecule has 3 heteroatoms. The summed E-state index contributed by atoms with van der Waals surface area (Å²) in [6.07, 6.45) is 7.79. The monoisotopic (exact) mass is 286 g/mol. The SMILES string of the molecule is c1cc2c(cc1CCN1CCCC1CNC1CC1)CCO2. The number of hydrogen-bond acceptors (Lipinski definition) is 3. The lowest BCUT2D eigenvalue weighted by Crippen LogP contribution is -2.39. The van der Waals surface area contributed by atoms with E-state index in [0.717, 1.165) is 30.9 Å². The second-order valence-corrected chi connectivity index (χ2v) is 6.81. The number of likely N-dealkylation sites (tertiary alicyclic amines) is 1. The van der Waals surface area contributed by atoms with Gasteiger partial charge in [0.15, 0.2) is 0 Å². The summed E-state index contributed by atoms with van der Waals surface area (Å²) in [6, 6.07) is 8.37. The van der Waals surface area contributed by atoms with Crippen LogP contribution in [0.3, 0.4) is 0 Å². The van der Waals surface area contributed by atoms with Crippen LogP contribution in [-0.4, -0.2) is 43.2 Å². The molecular formula is C18H26N2O. The van der Waals surface area contributed by atoms with Crippen molar-refractivity contribution in [1.82, 2.24) is 10.2 Å². The molecule has 114 valence electrons. The zero-order valence-electron chi connectivity index (χ0n) is 12.8. The molecule has 0 bridgehead atoms. The van der Waals surface area contributed by atoms with E-state index in [2.05, 4.69) is 28.4 Å². The molecule has 2 fully saturated rings. The number of hydrogen-bond donors (Lipinski definition) is 1. The maximum absolute atomic E-state index is 5.59. The van der Waals surface area contributed by atoms with Crippen molar-refractivity contribution in [2.24, 2.45) is 0 Å². The van der Waals surface area contributed by atoms with E-state index < -0.39 is 0 Å². The van der Waals surface area contributed by atoms with Gasteiger partial charge < -0.3 is 10.1 Å². The average Bonchev–Trinajstić information content (AvgIpc) is 3.04. The minimum atomic E-state index is 0.767. The Balaban J connectivity index is 1.30. The zero-order valence-corrected chi connectivity index (χ0v) is 12.8. The lowest BCUT2D eigenvalue weighted by Gasteiger charge is -2.25. The van der Waals surface area contributed by atoms with Gasteiger partial charge in [-0.3, -0.25) is 4.90 Å². The fraction of sp³-hybridized carbons (Fsp3) is 0.667. The zero-order chi connectivity index (χ0) is 14.1. The number of nitrogens with one attached hydrogen (secondary N) is 1. The average molecular weight is 286 g/mol. The Kier molecular flexibility index (Phi) is 3.87. The van der Waals surface area contributed by atoms with Gasteiger partial charge in [0.1, 0.15) is 5.75 Å². The van der Waals surface area contributed by atoms with Gasteiger partial charge >= 0.3 is 0 Å². The van der Waals surface area contributed by atoms with Gasteiger partial charge in [-0.05, 0) is 55.8 Å². The third kappa shape index (κ3) is 3.24. The van der Waals surface area contributed by atoms with Crippen molar-refractivity contribution in [3.63, 3.8) is 0 Å². The lowest BCUT2D eigenvalue weighted by molar-refractivity contribution is 0.250. The molecule has 2 heterocycles. The van der Waals surface area contributed by atoms with Gasteiger partial charge in [-0.2, -0.15) is 0 Å². The normalized spacial score (nSPS) is 25.0. The van der Waals surface area contributed by atoms with Crippen LogP contribution in [0.2, 0.25) is 0 Å². The van der Waals surface area contributed by atoms with Crippen LogP contribution in [0, 0.1) is 0 Å². The molecular weight excluding hydrogens is 260 g/mol. The Hall–Kier alpha value is -1.06. The highest BCUT2D eigenvalue weighted by molar-refractivity contribution is 5.39. The van der Waals surface area contributed by atoms with Crippen LogP contribution in [0.5, 0.6) is 5.75 Å². The van der Waals surface area contributed by atoms with Gasteiger partial charge in [0.25, 0.3) is 0 Å². The van der Waals surface area contributed by atoms with E-state index in [4.69, 9.17) is 4.74 Å². The van der Waals surface area contributed by atoms with Crippen LogP contribution in [-0.2, 0) is 12.8 Å². The predicted octanol–water partition coefficient (Wildman–Crippen LogP) is 2.38. The topological polar surface area (TPSA) is 24.5 Å². The van der Waals surface area contributed by atoms with E-state index in [1.54, 1.807) is 0 Å². The molecule has 21 heavy (non-hydrogen) atoms. The minimum Gasteiger partial charge on any atom is -0.493 e. The van der Waals surface area contributed by atoms with E-state index in [9.17, 15) is 0 Å². The maximum Gasteiger partial charge on any atom is 0.122 e. The highest BCUT2D eigenvalue weighted by Crippen LogP contribution is 2.26. The molecule has 0 spiro atoms. The van der Waals surface area contributed by atoms with Crippen LogP contribution in [0.1, 0.15) is 36.8 Å². The molecule has 1 aromatic carbocycles. The van der Waals surface area contributed by atoms with Crippen molar-refractivity contribution >= 4 is 0 Å². The Morgan fingerprint density at radius 3 is 3.10 bits per heavy atom. The summed E-state index contributed by atoms with van der Waals surface area (Å²) < 4.78 is 5.59. The molecule has 4 rings (SSSR count). The van der Waals surface area contributed by atoms with E-state index in [1.807, 2.05) is 0 Å². The molecule has 1 aliphatic carbocycles. The molecule has 1 saturated heterocycles. The number of nitrogens with zero attached hydrogens (tertiary/aromatic N) is 1. The van der Waals surface area contributed by atoms with Crippen molar-refractivity contribution < 1.29 is 4.74 Å². The molecule has 1 aromatic rings. The highest BCUT2D eigenvalue weighted by atomic mass is 16.5. The Morgan fingerprint density at radius 2 is 2.19 bits per heavy atom. The summed E-state index contributed by atoms with van der Waals surface area (Å²) >= 11 is 0. The first kappa shape index (κ1) is 13.6. The molecule has 0 aromatic heterocycles. The van der Waals surface area contributed by atoms with E-state index in [1.165, 1.54) is 62.9 Å². The van der Waals surface area contributed by atoms with Crippen LogP contribution in [0.15, 0.2) is 18.2 Å². The highest BCUT2D eigenvalue weighted by Gasteiger charge is 2.27. The molecule has 0 radical (unpaired) electrons. The molecule has 1 N–H and O–H groups in total. The smallest absolute Gasteiger partial charge is 0.122 e. The van der Waals surface area contributed by atoms with Gasteiger partial charge in [-0.1, -0.05) is 12.1 Å². The molecule has 0 amide bonds. The van der Waals surface area contributed by atoms with E-state index in [0.29, 0.717) is 0 Å². The summed E-state index contributed by atoms with van der Waals surface area (Å²) in [4.78, 5) is 2.69. The van der Waals surface area contributed by atoms with Crippen molar-refractivity contribution in [2.45, 2.75) is 50.6 Å². The number of rotatable bonds is 6. The van der Waals surface area contributed by atoms with E-state index in [-0.39, 0.29) is 0 Å². The molecule has 3 aliphatic rings. The fourth-order valence-corrected chi connectivity index (χ4v) is 3.68. The van der Waals surface area contributed by atoms with Gasteiger partial charge in [0, 0.05) is 31.6 Å². The van der Waals surface area contributed by atoms with Crippen LogP contribution in [0.25, 0.3) is 0 Å². The Morgan fingerprint density at radius 1 is 1.24 bits per heavy atom. The first-order chi connectivity index (χ1) is 10.4. The summed E-state index contributed by atoms with van der Waals surface area (Å²) in [7, 11) is 0. The van der Waals surface area contributed by atoms with Gasteiger partial charge in [-0.15, -0.1) is 0 Å². The Bertz CT molecular complexity index is 498. The fourth-order valence-electron chi connectivity index (χ4n) is 3.68. The van der Waals surface area contributed by atoms with E-state index >= 15 is 0 Å². The van der Waals surface area contributed by atoms with Crippen LogP contribution < -0.4 is 10.1 Å². The lowest BCUT2D eigenvalue weighted by atomic mass is 10.1. The molecule has 1 unspecified atom stereocenters. The summed E-state index contributed by atoms with van der Waals surface area (Å²) in [5.74, 6) is 1.10. The largest absolute Gasteiger partial charge is 0.493 e. The van der Waals surface area contributed by atoms with Gasteiger partial charge in [0.2, 0.25) is 0 Å². The van der Waals surface area contributed by atoms with Gasteiger partial charge in [-0.25, -0.2) is 0 Å². The molecule has 1 saturated carbocycles. The van der Waals surface area contributed by atoms with Crippen LogP contribution >= 0.6 is 0 Å². The van der Waals surface area contributed by atoms with Crippen molar-refractivity contribution in [2.75, 3.05) is 26.2 Å².